The second-order valence-corrected chi connectivity index (χ2v) is 6.23. The Morgan fingerprint density at radius 1 is 1.30 bits per heavy atom. The van der Waals surface area contributed by atoms with Gasteiger partial charge in [0, 0.05) is 36.9 Å². The van der Waals surface area contributed by atoms with Gasteiger partial charge in [-0.1, -0.05) is 25.1 Å². The van der Waals surface area contributed by atoms with Gasteiger partial charge in [0.2, 0.25) is 0 Å². The summed E-state index contributed by atoms with van der Waals surface area (Å²) in [5.41, 5.74) is 3.74. The fourth-order valence-electron chi connectivity index (χ4n) is 2.19. The van der Waals surface area contributed by atoms with Crippen molar-refractivity contribution in [1.82, 2.24) is 19.1 Å². The predicted octanol–water partition coefficient (Wildman–Crippen LogP) is 3.37. The van der Waals surface area contributed by atoms with E-state index in [0.29, 0.717) is 0 Å². The minimum Gasteiger partial charge on any atom is -0.338 e. The lowest BCUT2D eigenvalue weighted by molar-refractivity contribution is 0.575. The lowest BCUT2D eigenvalue weighted by atomic mass is 10.3. The average Bonchev–Trinajstić information content (AvgIpc) is 2.94. The maximum atomic E-state index is 4.71. The molecule has 2 heterocycles. The first kappa shape index (κ1) is 15.2. The molecular formula is C15H24N4S. The van der Waals surface area contributed by atoms with Gasteiger partial charge >= 0.3 is 0 Å². The normalized spacial score (nSPS) is 11.2. The second kappa shape index (κ2) is 6.97. The first-order valence-corrected chi connectivity index (χ1v) is 8.23. The number of aromatic nitrogens is 4. The SMILES string of the molecule is CCCCn1c(SCCc2cncn2C)nc(C)c1C. The van der Waals surface area contributed by atoms with Gasteiger partial charge in [-0.25, -0.2) is 9.97 Å². The fraction of sp³-hybridized carbons (Fsp3) is 0.600. The molecular weight excluding hydrogens is 268 g/mol. The summed E-state index contributed by atoms with van der Waals surface area (Å²) in [4.78, 5) is 8.86. The van der Waals surface area contributed by atoms with E-state index in [-0.39, 0.29) is 0 Å². The lowest BCUT2D eigenvalue weighted by Gasteiger charge is -2.09. The van der Waals surface area contributed by atoms with Crippen LogP contribution in [0, 0.1) is 13.8 Å². The molecule has 5 heteroatoms. The van der Waals surface area contributed by atoms with E-state index < -0.39 is 0 Å². The minimum atomic E-state index is 1.03. The molecule has 0 atom stereocenters. The first-order valence-electron chi connectivity index (χ1n) is 7.25. The first-order chi connectivity index (χ1) is 9.63. The van der Waals surface area contributed by atoms with Crippen LogP contribution in [0.15, 0.2) is 17.7 Å². The molecule has 0 bridgehead atoms. The summed E-state index contributed by atoms with van der Waals surface area (Å²) < 4.78 is 4.45. The number of rotatable bonds is 7. The largest absolute Gasteiger partial charge is 0.338 e. The van der Waals surface area contributed by atoms with E-state index in [1.54, 1.807) is 0 Å². The molecule has 0 saturated carbocycles. The maximum absolute atomic E-state index is 4.71. The molecule has 4 nitrogen and oxygen atoms in total. The van der Waals surface area contributed by atoms with Gasteiger partial charge in [0.1, 0.15) is 0 Å². The third-order valence-corrected chi connectivity index (χ3v) is 4.64. The van der Waals surface area contributed by atoms with E-state index in [4.69, 9.17) is 4.98 Å². The molecule has 0 radical (unpaired) electrons. The highest BCUT2D eigenvalue weighted by atomic mass is 32.2. The number of aryl methyl sites for hydroxylation is 3. The molecule has 2 aromatic rings. The summed E-state index contributed by atoms with van der Waals surface area (Å²) >= 11 is 1.85. The van der Waals surface area contributed by atoms with Crippen molar-refractivity contribution in [3.05, 3.63) is 29.6 Å². The minimum absolute atomic E-state index is 1.03. The van der Waals surface area contributed by atoms with Crippen LogP contribution in [0.5, 0.6) is 0 Å². The second-order valence-electron chi connectivity index (χ2n) is 5.16. The van der Waals surface area contributed by atoms with E-state index in [2.05, 4.69) is 34.9 Å². The Labute approximate surface area is 125 Å². The van der Waals surface area contributed by atoms with Gasteiger partial charge in [0.05, 0.1) is 12.0 Å². The number of thioether (sulfide) groups is 1. The zero-order chi connectivity index (χ0) is 14.5. The highest BCUT2D eigenvalue weighted by Crippen LogP contribution is 2.22. The molecule has 0 N–H and O–H groups in total. The lowest BCUT2D eigenvalue weighted by Crippen LogP contribution is -2.03. The van der Waals surface area contributed by atoms with Crippen LogP contribution in [-0.4, -0.2) is 24.9 Å². The number of hydrogen-bond donors (Lipinski definition) is 0. The fourth-order valence-corrected chi connectivity index (χ4v) is 3.26. The summed E-state index contributed by atoms with van der Waals surface area (Å²) in [5, 5.41) is 1.16. The third-order valence-electron chi connectivity index (χ3n) is 3.66. The Morgan fingerprint density at radius 2 is 2.10 bits per heavy atom. The average molecular weight is 292 g/mol. The van der Waals surface area contributed by atoms with Crippen molar-refractivity contribution < 1.29 is 0 Å². The number of nitrogens with zero attached hydrogens (tertiary/aromatic N) is 4. The van der Waals surface area contributed by atoms with E-state index in [1.165, 1.54) is 24.2 Å². The number of imidazole rings is 2. The van der Waals surface area contributed by atoms with Crippen molar-refractivity contribution >= 4 is 11.8 Å². The monoisotopic (exact) mass is 292 g/mol. The molecule has 0 aliphatic carbocycles. The molecule has 0 fully saturated rings. The summed E-state index contributed by atoms with van der Waals surface area (Å²) in [5.74, 6) is 1.04. The Hall–Kier alpha value is -1.23. The summed E-state index contributed by atoms with van der Waals surface area (Å²) in [6, 6.07) is 0. The highest BCUT2D eigenvalue weighted by Gasteiger charge is 2.11. The molecule has 2 aromatic heterocycles. The predicted molar refractivity (Wildman–Crippen MR) is 84.2 cm³/mol. The Balaban J connectivity index is 1.98. The summed E-state index contributed by atoms with van der Waals surface area (Å²) in [6.07, 6.45) is 7.26. The van der Waals surface area contributed by atoms with E-state index >= 15 is 0 Å². The van der Waals surface area contributed by atoms with Crippen LogP contribution in [0.1, 0.15) is 36.8 Å². The zero-order valence-electron chi connectivity index (χ0n) is 12.9. The summed E-state index contributed by atoms with van der Waals surface area (Å²) in [7, 11) is 2.05. The summed E-state index contributed by atoms with van der Waals surface area (Å²) in [6.45, 7) is 7.58. The number of unbranched alkanes of at least 4 members (excludes halogenated alkanes) is 1. The van der Waals surface area contributed by atoms with Crippen LogP contribution in [0.2, 0.25) is 0 Å². The molecule has 0 saturated heterocycles. The van der Waals surface area contributed by atoms with E-state index in [1.807, 2.05) is 31.3 Å². The standard InChI is InChI=1S/C15H24N4S/c1-5-6-8-19-13(3)12(2)17-15(19)20-9-7-14-10-16-11-18(14)4/h10-11H,5-9H2,1-4H3. The number of hydrogen-bond acceptors (Lipinski definition) is 3. The van der Waals surface area contributed by atoms with Crippen LogP contribution in [0.25, 0.3) is 0 Å². The topological polar surface area (TPSA) is 35.6 Å². The van der Waals surface area contributed by atoms with Gasteiger partial charge in [-0.15, -0.1) is 0 Å². The molecule has 0 spiro atoms. The molecule has 0 aliphatic heterocycles. The Morgan fingerprint density at radius 3 is 2.75 bits per heavy atom. The van der Waals surface area contributed by atoms with Gasteiger partial charge in [-0.2, -0.15) is 0 Å². The van der Waals surface area contributed by atoms with Gasteiger partial charge in [0.15, 0.2) is 5.16 Å². The molecule has 0 amide bonds. The maximum Gasteiger partial charge on any atom is 0.168 e. The van der Waals surface area contributed by atoms with Crippen LogP contribution in [0.4, 0.5) is 0 Å². The van der Waals surface area contributed by atoms with Crippen molar-refractivity contribution in [2.75, 3.05) is 5.75 Å². The van der Waals surface area contributed by atoms with Crippen LogP contribution < -0.4 is 0 Å². The van der Waals surface area contributed by atoms with Gasteiger partial charge < -0.3 is 9.13 Å². The van der Waals surface area contributed by atoms with Crippen molar-refractivity contribution in [3.63, 3.8) is 0 Å². The molecule has 0 aliphatic rings. The Bertz CT molecular complexity index is 556. The van der Waals surface area contributed by atoms with Crippen LogP contribution in [-0.2, 0) is 20.0 Å². The molecule has 0 unspecified atom stereocenters. The third kappa shape index (κ3) is 3.45. The van der Waals surface area contributed by atoms with Crippen LogP contribution >= 0.6 is 11.8 Å². The van der Waals surface area contributed by atoms with Gasteiger partial charge in [-0.3, -0.25) is 0 Å². The molecule has 0 aromatic carbocycles. The van der Waals surface area contributed by atoms with Crippen molar-refractivity contribution in [1.29, 1.82) is 0 Å². The smallest absolute Gasteiger partial charge is 0.168 e. The molecule has 110 valence electrons. The van der Waals surface area contributed by atoms with E-state index in [9.17, 15) is 0 Å². The zero-order valence-corrected chi connectivity index (χ0v) is 13.7. The van der Waals surface area contributed by atoms with Crippen LogP contribution in [0.3, 0.4) is 0 Å². The van der Waals surface area contributed by atoms with Crippen molar-refractivity contribution in [2.45, 2.75) is 51.7 Å². The van der Waals surface area contributed by atoms with Gasteiger partial charge in [0.25, 0.3) is 0 Å². The van der Waals surface area contributed by atoms with Gasteiger partial charge in [-0.05, 0) is 26.7 Å². The van der Waals surface area contributed by atoms with E-state index in [0.717, 1.165) is 29.6 Å². The quantitative estimate of drug-likeness (QED) is 0.734. The molecule has 20 heavy (non-hydrogen) atoms. The van der Waals surface area contributed by atoms with Crippen molar-refractivity contribution in [2.24, 2.45) is 7.05 Å². The van der Waals surface area contributed by atoms with Crippen molar-refractivity contribution in [3.8, 4) is 0 Å². The Kier molecular flexibility index (Phi) is 5.29. The highest BCUT2D eigenvalue weighted by molar-refractivity contribution is 7.99. The molecule has 2 rings (SSSR count).